The van der Waals surface area contributed by atoms with Crippen LogP contribution in [0.15, 0.2) is 0 Å². The molecule has 0 saturated carbocycles. The van der Waals surface area contributed by atoms with E-state index >= 15 is 0 Å². The zero-order valence-corrected chi connectivity index (χ0v) is 17.4. The summed E-state index contributed by atoms with van der Waals surface area (Å²) in [6.45, 7) is 0. The third-order valence-corrected chi connectivity index (χ3v) is 6.39. The van der Waals surface area contributed by atoms with Crippen molar-refractivity contribution >= 4 is 39.8 Å². The molecule has 0 atom stereocenters. The highest BCUT2D eigenvalue weighted by Gasteiger charge is 2.29. The molecule has 0 amide bonds. The number of likely N-dealkylation sites (N-methyl/N-ethyl adjacent to an activating group) is 2. The molecule has 0 aliphatic heterocycles. The van der Waals surface area contributed by atoms with Crippen LogP contribution in [0.3, 0.4) is 0 Å². The maximum atomic E-state index is 9.48. The van der Waals surface area contributed by atoms with Crippen LogP contribution in [0.1, 0.15) is 0 Å². The van der Waals surface area contributed by atoms with Crippen LogP contribution in [0, 0.1) is 0 Å². The molecule has 146 valence electrons. The Labute approximate surface area is 146 Å². The van der Waals surface area contributed by atoms with Gasteiger partial charge in [0.2, 0.25) is 0 Å². The fraction of sp³-hybridized carbons (Fsp3) is 0.800. The molecule has 0 rings (SSSR count). The van der Waals surface area contributed by atoms with Crippen LogP contribution in [-0.4, -0.2) is 118 Å². The minimum atomic E-state index is -5.02. The molecule has 0 saturated heterocycles. The van der Waals surface area contributed by atoms with Crippen molar-refractivity contribution in [3.63, 3.8) is 0 Å². The fourth-order valence-corrected chi connectivity index (χ4v) is 4.36. The highest BCUT2D eigenvalue weighted by molar-refractivity contribution is 9.01. The lowest BCUT2D eigenvalue weighted by Crippen LogP contribution is -2.47. The summed E-state index contributed by atoms with van der Waals surface area (Å²) in [4.78, 5) is 4.24. The molecule has 0 radical (unpaired) electrons. The van der Waals surface area contributed by atoms with E-state index in [4.69, 9.17) is 0 Å². The Morgan fingerprint density at radius 2 is 0.958 bits per heavy atom. The van der Waals surface area contributed by atoms with Crippen molar-refractivity contribution < 1.29 is 40.6 Å². The van der Waals surface area contributed by atoms with Crippen molar-refractivity contribution in [2.45, 2.75) is 0 Å². The molecule has 0 aliphatic carbocycles. The first kappa shape index (κ1) is 27.9. The Morgan fingerprint density at radius 1 is 0.750 bits per heavy atom. The minimum Gasteiger partial charge on any atom is -0.739 e. The fourth-order valence-electron chi connectivity index (χ4n) is 1.70. The topological polar surface area (TPSA) is 158 Å². The van der Waals surface area contributed by atoms with Gasteiger partial charge in [-0.25, -0.2) is 16.8 Å². The molecular weight excluding hydrogens is 384 g/mol. The normalized spacial score (nSPS) is 10.6. The summed E-state index contributed by atoms with van der Waals surface area (Å²) in [6.07, 6.45) is 0. The van der Waals surface area contributed by atoms with Crippen LogP contribution < -0.4 is 0 Å². The predicted octanol–water partition coefficient (Wildman–Crippen LogP) is -2.73. The van der Waals surface area contributed by atoms with Gasteiger partial charge < -0.3 is 14.6 Å². The van der Waals surface area contributed by atoms with Crippen LogP contribution in [0.25, 0.3) is 0 Å². The Bertz CT molecular complexity index is 601. The summed E-state index contributed by atoms with van der Waals surface area (Å²) in [7, 11) is 5.28. The molecular formula is C10H26N4O7S3. The second kappa shape index (κ2) is 10.8. The summed E-state index contributed by atoms with van der Waals surface area (Å²) in [5.74, 6) is 2.39. The third kappa shape index (κ3) is 13.5. The van der Waals surface area contributed by atoms with Crippen molar-refractivity contribution in [3.05, 3.63) is 0 Å². The smallest absolute Gasteiger partial charge is 0.361 e. The molecule has 11 nitrogen and oxygen atoms in total. The van der Waals surface area contributed by atoms with E-state index in [0.29, 0.717) is 0 Å². The molecule has 0 unspecified atom stereocenters. The van der Waals surface area contributed by atoms with Gasteiger partial charge in [-0.3, -0.25) is 19.0 Å². The Kier molecular flexibility index (Phi) is 12.6. The van der Waals surface area contributed by atoms with Crippen LogP contribution in [0.4, 0.5) is 0 Å². The minimum absolute atomic E-state index is 0. The number of nitrogens with zero attached hydrogens (tertiary/aromatic N) is 4. The van der Waals surface area contributed by atoms with Gasteiger partial charge in [0.25, 0.3) is 0 Å². The molecule has 0 aromatic carbocycles. The molecule has 24 heavy (non-hydrogen) atoms. The van der Waals surface area contributed by atoms with Gasteiger partial charge in [-0.1, -0.05) is 0 Å². The van der Waals surface area contributed by atoms with Crippen LogP contribution >= 0.6 is 9.83 Å². The number of hydrogen-bond donors (Lipinski definition) is 0. The van der Waals surface area contributed by atoms with Crippen LogP contribution in [0.5, 0.6) is 0 Å². The summed E-state index contributed by atoms with van der Waals surface area (Å²) in [6, 6.07) is 0. The second-order valence-corrected chi connectivity index (χ2v) is 11.0. The Hall–Kier alpha value is -0.930. The summed E-state index contributed by atoms with van der Waals surface area (Å²) in [5, 5.41) is 0. The molecule has 0 aromatic rings. The van der Waals surface area contributed by atoms with E-state index in [1.807, 2.05) is 0 Å². The van der Waals surface area contributed by atoms with Gasteiger partial charge in [0.05, 0.1) is 66.2 Å². The maximum Gasteiger partial charge on any atom is 0.361 e. The Balaban J connectivity index is -0.000000385. The van der Waals surface area contributed by atoms with Gasteiger partial charge in [-0.2, -0.15) is 0 Å². The Morgan fingerprint density at radius 3 is 1.00 bits per heavy atom. The van der Waals surface area contributed by atoms with Gasteiger partial charge in [-0.15, -0.1) is 0 Å². The summed E-state index contributed by atoms with van der Waals surface area (Å²) < 4.78 is 61.1. The first-order valence-electron chi connectivity index (χ1n) is 6.06. The second-order valence-electron chi connectivity index (χ2n) is 5.11. The zero-order chi connectivity index (χ0) is 19.2. The molecule has 14 heteroatoms. The van der Waals surface area contributed by atoms with Gasteiger partial charge in [0.1, 0.15) is 0 Å². The standard InChI is InChI=1S/C10H24N4.H2O6S3.H2O/c1-11(2)9(12(3)4)10(13(5)6)14(7)8;1-8(2,3)7-9(4,5)6;/h1-8H3;(H,1,2,3)(H,4,5,6);1H2/q+2;;/p-2. The van der Waals surface area contributed by atoms with Gasteiger partial charge in [0.15, 0.2) is 18.3 Å². The monoisotopic (exact) mass is 410 g/mol. The van der Waals surface area contributed by atoms with Crippen molar-refractivity contribution in [2.24, 2.45) is 0 Å². The highest BCUT2D eigenvalue weighted by atomic mass is 33.5. The van der Waals surface area contributed by atoms with Crippen LogP contribution in [-0.2, 0) is 18.3 Å². The van der Waals surface area contributed by atoms with Crippen molar-refractivity contribution in [1.29, 1.82) is 0 Å². The molecule has 0 bridgehead atoms. The summed E-state index contributed by atoms with van der Waals surface area (Å²) in [5.41, 5.74) is 0. The first-order valence-corrected chi connectivity index (χ1v) is 10.7. The van der Waals surface area contributed by atoms with E-state index < -0.39 is 28.1 Å². The van der Waals surface area contributed by atoms with E-state index in [1.54, 1.807) is 0 Å². The van der Waals surface area contributed by atoms with Gasteiger partial charge in [0, 0.05) is 0 Å². The van der Waals surface area contributed by atoms with E-state index in [2.05, 4.69) is 75.3 Å². The first-order chi connectivity index (χ1) is 9.99. The van der Waals surface area contributed by atoms with Crippen molar-refractivity contribution in [3.8, 4) is 0 Å². The van der Waals surface area contributed by atoms with Gasteiger partial charge in [-0.05, 0) is 0 Å². The van der Waals surface area contributed by atoms with Crippen molar-refractivity contribution in [2.75, 3.05) is 56.4 Å². The highest BCUT2D eigenvalue weighted by Crippen LogP contribution is 2.15. The third-order valence-electron chi connectivity index (χ3n) is 2.06. The largest absolute Gasteiger partial charge is 0.739 e. The molecule has 2 N–H and O–H groups in total. The summed E-state index contributed by atoms with van der Waals surface area (Å²) >= 11 is 0. The lowest BCUT2D eigenvalue weighted by atomic mass is 10.4. The average molecular weight is 411 g/mol. The SMILES string of the molecule is CN(C)C(C(N(C)C)=[N+](C)C)=[N+](C)C.O.O=S(=O)([O-])SS(=O)(=O)[O-]. The lowest BCUT2D eigenvalue weighted by molar-refractivity contribution is -0.485. The average Bonchev–Trinajstić information content (AvgIpc) is 2.18. The molecule has 0 spiro atoms. The molecule has 0 aromatic heterocycles. The van der Waals surface area contributed by atoms with Gasteiger partial charge >= 0.3 is 11.7 Å². The maximum absolute atomic E-state index is 9.48. The lowest BCUT2D eigenvalue weighted by Gasteiger charge is -2.15. The van der Waals surface area contributed by atoms with E-state index in [9.17, 15) is 25.9 Å². The van der Waals surface area contributed by atoms with Crippen LogP contribution in [0.2, 0.25) is 0 Å². The van der Waals surface area contributed by atoms with E-state index in [-0.39, 0.29) is 5.48 Å². The molecule has 0 heterocycles. The molecule has 0 fully saturated rings. The predicted molar refractivity (Wildman–Crippen MR) is 92.2 cm³/mol. The van der Waals surface area contributed by atoms with Crippen molar-refractivity contribution in [1.82, 2.24) is 9.80 Å². The molecule has 0 aliphatic rings. The number of amidine groups is 2. The number of hydrogen-bond acceptors (Lipinski definition) is 7. The zero-order valence-electron chi connectivity index (χ0n) is 15.0. The number of rotatable bonds is 2. The van der Waals surface area contributed by atoms with E-state index in [1.165, 1.54) is 11.7 Å². The quantitative estimate of drug-likeness (QED) is 0.155. The van der Waals surface area contributed by atoms with E-state index in [0.717, 1.165) is 0 Å².